The summed E-state index contributed by atoms with van der Waals surface area (Å²) in [6.07, 6.45) is 4.75. The van der Waals surface area contributed by atoms with Gasteiger partial charge in [0.2, 0.25) is 0 Å². The number of amides is 1. The molecular weight excluding hydrogens is 346 g/mol. The Kier molecular flexibility index (Phi) is 4.72. The number of pyridine rings is 1. The number of hydrogen-bond donors (Lipinski definition) is 0. The first-order chi connectivity index (χ1) is 12.6. The fraction of sp³-hybridized carbons (Fsp3) is 0.429. The lowest BCUT2D eigenvalue weighted by Gasteiger charge is -2.43. The van der Waals surface area contributed by atoms with Crippen LogP contribution in [0.1, 0.15) is 41.2 Å². The van der Waals surface area contributed by atoms with Gasteiger partial charge in [-0.1, -0.05) is 41.9 Å². The lowest BCUT2D eigenvalue weighted by Crippen LogP contribution is -2.52. The molecule has 3 heterocycles. The van der Waals surface area contributed by atoms with Crippen molar-refractivity contribution in [2.45, 2.75) is 30.7 Å². The van der Waals surface area contributed by atoms with Crippen molar-refractivity contribution in [3.63, 3.8) is 0 Å². The number of carbonyl (C=O) groups excluding carboxylic acids is 1. The summed E-state index contributed by atoms with van der Waals surface area (Å²) < 4.78 is 0. The molecule has 1 atom stereocenters. The minimum atomic E-state index is 0.0109. The van der Waals surface area contributed by atoms with Crippen molar-refractivity contribution in [2.75, 3.05) is 26.7 Å². The van der Waals surface area contributed by atoms with Crippen LogP contribution in [0.25, 0.3) is 0 Å². The van der Waals surface area contributed by atoms with Crippen molar-refractivity contribution in [3.8, 4) is 0 Å². The van der Waals surface area contributed by atoms with Crippen LogP contribution >= 0.6 is 11.6 Å². The second kappa shape index (κ2) is 7.01. The normalized spacial score (nSPS) is 22.7. The fourth-order valence-electron chi connectivity index (χ4n) is 4.53. The lowest BCUT2D eigenvalue weighted by molar-refractivity contribution is 0.0487. The van der Waals surface area contributed by atoms with Crippen molar-refractivity contribution in [1.82, 2.24) is 14.8 Å². The third-order valence-electron chi connectivity index (χ3n) is 6.13. The molecule has 0 unspecified atom stereocenters. The van der Waals surface area contributed by atoms with E-state index in [0.29, 0.717) is 16.6 Å². The summed E-state index contributed by atoms with van der Waals surface area (Å²) in [4.78, 5) is 21.3. The highest BCUT2D eigenvalue weighted by molar-refractivity contribution is 6.30. The van der Waals surface area contributed by atoms with Crippen molar-refractivity contribution in [2.24, 2.45) is 0 Å². The van der Waals surface area contributed by atoms with Crippen LogP contribution in [0.5, 0.6) is 0 Å². The zero-order valence-corrected chi connectivity index (χ0v) is 15.8. The first-order valence-electron chi connectivity index (χ1n) is 9.24. The Morgan fingerprint density at radius 3 is 2.54 bits per heavy atom. The van der Waals surface area contributed by atoms with Gasteiger partial charge in [-0.25, -0.2) is 4.98 Å². The molecule has 2 aromatic rings. The van der Waals surface area contributed by atoms with Crippen molar-refractivity contribution in [1.29, 1.82) is 0 Å². The van der Waals surface area contributed by atoms with Crippen molar-refractivity contribution in [3.05, 3.63) is 64.9 Å². The minimum absolute atomic E-state index is 0.0109. The lowest BCUT2D eigenvalue weighted by atomic mass is 9.81. The predicted molar refractivity (Wildman–Crippen MR) is 104 cm³/mol. The van der Waals surface area contributed by atoms with Gasteiger partial charge in [-0.15, -0.1) is 0 Å². The standard InChI is InChI=1S/C21H24ClN3O/c1-24-15-17(16-5-3-2-4-6-16)13-21(24)9-11-25(12-10-21)20(26)19-8-7-18(22)14-23-19/h2-8,14,17H,9-13,15H2,1H3/t17-/m0/s1. The summed E-state index contributed by atoms with van der Waals surface area (Å²) in [5, 5.41) is 0.554. The Morgan fingerprint density at radius 2 is 1.88 bits per heavy atom. The van der Waals surface area contributed by atoms with Gasteiger partial charge in [0.1, 0.15) is 5.69 Å². The Labute approximate surface area is 159 Å². The molecule has 1 aromatic heterocycles. The van der Waals surface area contributed by atoms with E-state index in [9.17, 15) is 4.79 Å². The van der Waals surface area contributed by atoms with E-state index in [1.807, 2.05) is 4.90 Å². The molecule has 0 radical (unpaired) electrons. The molecular formula is C21H24ClN3O. The number of benzene rings is 1. The molecule has 2 aliphatic rings. The Hall–Kier alpha value is -1.91. The summed E-state index contributed by atoms with van der Waals surface area (Å²) in [5.41, 5.74) is 2.12. The van der Waals surface area contributed by atoms with Gasteiger partial charge >= 0.3 is 0 Å². The zero-order valence-electron chi connectivity index (χ0n) is 15.1. The minimum Gasteiger partial charge on any atom is -0.337 e. The van der Waals surface area contributed by atoms with Crippen LogP contribution < -0.4 is 0 Å². The molecule has 4 rings (SSSR count). The average Bonchev–Trinajstić information content (AvgIpc) is 2.99. The van der Waals surface area contributed by atoms with E-state index in [0.717, 1.165) is 32.5 Å². The molecule has 136 valence electrons. The number of rotatable bonds is 2. The highest BCUT2D eigenvalue weighted by atomic mass is 35.5. The molecule has 5 heteroatoms. The van der Waals surface area contributed by atoms with Gasteiger partial charge in [0, 0.05) is 31.4 Å². The molecule has 4 nitrogen and oxygen atoms in total. The maximum atomic E-state index is 12.7. The van der Waals surface area contributed by atoms with E-state index in [1.54, 1.807) is 12.1 Å². The molecule has 2 aliphatic heterocycles. The third-order valence-corrected chi connectivity index (χ3v) is 6.35. The number of hydrogen-bond acceptors (Lipinski definition) is 3. The molecule has 2 saturated heterocycles. The topological polar surface area (TPSA) is 36.4 Å². The van der Waals surface area contributed by atoms with Gasteiger partial charge in [-0.3, -0.25) is 9.69 Å². The van der Waals surface area contributed by atoms with E-state index >= 15 is 0 Å². The maximum absolute atomic E-state index is 12.7. The Bertz CT molecular complexity index is 770. The van der Waals surface area contributed by atoms with E-state index in [4.69, 9.17) is 11.6 Å². The summed E-state index contributed by atoms with van der Waals surface area (Å²) >= 11 is 5.87. The SMILES string of the molecule is CN1C[C@@H](c2ccccc2)CC12CCN(C(=O)c1ccc(Cl)cn1)CC2. The Morgan fingerprint density at radius 1 is 1.15 bits per heavy atom. The maximum Gasteiger partial charge on any atom is 0.272 e. The average molecular weight is 370 g/mol. The van der Waals surface area contributed by atoms with Crippen molar-refractivity contribution < 1.29 is 4.79 Å². The van der Waals surface area contributed by atoms with Gasteiger partial charge in [-0.2, -0.15) is 0 Å². The van der Waals surface area contributed by atoms with Crippen LogP contribution in [-0.2, 0) is 0 Å². The summed E-state index contributed by atoms with van der Waals surface area (Å²) in [6, 6.07) is 14.2. The number of carbonyl (C=O) groups is 1. The zero-order chi connectivity index (χ0) is 18.1. The first kappa shape index (κ1) is 17.5. The molecule has 0 aliphatic carbocycles. The van der Waals surface area contributed by atoms with E-state index < -0.39 is 0 Å². The summed E-state index contributed by atoms with van der Waals surface area (Å²) in [5.74, 6) is 0.596. The molecule has 26 heavy (non-hydrogen) atoms. The van der Waals surface area contributed by atoms with Crippen molar-refractivity contribution >= 4 is 17.5 Å². The molecule has 2 fully saturated rings. The largest absolute Gasteiger partial charge is 0.337 e. The molecule has 1 spiro atoms. The molecule has 1 aromatic carbocycles. The predicted octanol–water partition coefficient (Wildman–Crippen LogP) is 3.83. The summed E-state index contributed by atoms with van der Waals surface area (Å²) in [6.45, 7) is 2.67. The van der Waals surface area contributed by atoms with Crippen LogP contribution in [0.4, 0.5) is 0 Å². The highest BCUT2D eigenvalue weighted by Crippen LogP contribution is 2.44. The molecule has 1 amide bonds. The molecule has 0 N–H and O–H groups in total. The summed E-state index contributed by atoms with van der Waals surface area (Å²) in [7, 11) is 2.24. The number of likely N-dealkylation sites (tertiary alicyclic amines) is 2. The van der Waals surface area contributed by atoms with Gasteiger partial charge < -0.3 is 4.90 Å². The third kappa shape index (κ3) is 3.24. The van der Waals surface area contributed by atoms with E-state index in [1.165, 1.54) is 18.2 Å². The van der Waals surface area contributed by atoms with Crippen LogP contribution in [0.15, 0.2) is 48.7 Å². The Balaban J connectivity index is 1.43. The highest BCUT2D eigenvalue weighted by Gasteiger charge is 2.46. The van der Waals surface area contributed by atoms with Gasteiger partial charge in [-0.05, 0) is 49.9 Å². The van der Waals surface area contributed by atoms with E-state index in [-0.39, 0.29) is 11.4 Å². The van der Waals surface area contributed by atoms with Crippen LogP contribution in [0.2, 0.25) is 5.02 Å². The molecule has 0 bridgehead atoms. The van der Waals surface area contributed by atoms with Crippen LogP contribution in [0.3, 0.4) is 0 Å². The second-order valence-corrected chi connectivity index (χ2v) is 8.01. The second-order valence-electron chi connectivity index (χ2n) is 7.57. The number of aromatic nitrogens is 1. The number of nitrogens with zero attached hydrogens (tertiary/aromatic N) is 3. The number of halogens is 1. The van der Waals surface area contributed by atoms with Gasteiger partial charge in [0.25, 0.3) is 5.91 Å². The fourth-order valence-corrected chi connectivity index (χ4v) is 4.64. The van der Waals surface area contributed by atoms with Crippen LogP contribution in [-0.4, -0.2) is 52.9 Å². The van der Waals surface area contributed by atoms with E-state index in [2.05, 4.69) is 47.3 Å². The van der Waals surface area contributed by atoms with Gasteiger partial charge in [0.15, 0.2) is 0 Å². The molecule has 0 saturated carbocycles. The number of likely N-dealkylation sites (N-methyl/N-ethyl adjacent to an activating group) is 1. The van der Waals surface area contributed by atoms with Gasteiger partial charge in [0.05, 0.1) is 5.02 Å². The van der Waals surface area contributed by atoms with Crippen LogP contribution in [0, 0.1) is 0 Å². The quantitative estimate of drug-likeness (QED) is 0.807. The monoisotopic (exact) mass is 369 g/mol. The first-order valence-corrected chi connectivity index (χ1v) is 9.62. The smallest absolute Gasteiger partial charge is 0.272 e. The number of piperidine rings is 1.